The molecule has 1 spiro atoms. The van der Waals surface area contributed by atoms with E-state index >= 15 is 0 Å². The zero-order valence-corrected chi connectivity index (χ0v) is 27.4. The van der Waals surface area contributed by atoms with E-state index < -0.39 is 5.41 Å². The Morgan fingerprint density at radius 2 is 0.961 bits per heavy atom. The van der Waals surface area contributed by atoms with Crippen molar-refractivity contribution in [2.45, 2.75) is 5.41 Å². The third kappa shape index (κ3) is 3.88. The fraction of sp³-hybridized carbons (Fsp3) is 0.0217. The molecule has 238 valence electrons. The SMILES string of the molecule is c1ccc(-c2nc(-c3ccccc3)nc(-n3c4ccccc4c4cc5c(cc43)-c3ccccc3C53c4ccccc4Oc4ccccc43)n2)cc1. The van der Waals surface area contributed by atoms with Crippen molar-refractivity contribution in [2.75, 3.05) is 0 Å². The summed E-state index contributed by atoms with van der Waals surface area (Å²) in [4.78, 5) is 15.3. The molecule has 0 unspecified atom stereocenters. The predicted molar refractivity (Wildman–Crippen MR) is 202 cm³/mol. The topological polar surface area (TPSA) is 52.8 Å². The highest BCUT2D eigenvalue weighted by Gasteiger charge is 2.51. The standard InChI is InChI=1S/C46H28N4O/c1-3-15-29(16-4-1)43-47-44(30-17-5-2-6-18-30)49-45(48-43)50-39-24-12-8-20-32(39)34-27-38-33(28-40(34)50)31-19-7-9-21-35(31)46(38)36-22-10-13-25-41(36)51-42-26-14-11-23-37(42)46/h1-28H. The number of benzene rings is 7. The van der Waals surface area contributed by atoms with E-state index in [-0.39, 0.29) is 0 Å². The Labute approximate surface area is 294 Å². The van der Waals surface area contributed by atoms with Crippen LogP contribution in [0.2, 0.25) is 0 Å². The van der Waals surface area contributed by atoms with Gasteiger partial charge >= 0.3 is 0 Å². The molecule has 0 N–H and O–H groups in total. The molecule has 5 nitrogen and oxygen atoms in total. The first-order valence-corrected chi connectivity index (χ1v) is 17.2. The van der Waals surface area contributed by atoms with Gasteiger partial charge in [-0.15, -0.1) is 0 Å². The Hall–Kier alpha value is -6.85. The number of para-hydroxylation sites is 3. The molecule has 1 aliphatic heterocycles. The molecule has 0 saturated carbocycles. The quantitative estimate of drug-likeness (QED) is 0.191. The van der Waals surface area contributed by atoms with Crippen LogP contribution in [0.25, 0.3) is 61.7 Å². The first-order chi connectivity index (χ1) is 25.3. The van der Waals surface area contributed by atoms with Gasteiger partial charge < -0.3 is 4.74 Å². The van der Waals surface area contributed by atoms with Gasteiger partial charge in [0.15, 0.2) is 11.6 Å². The van der Waals surface area contributed by atoms with Crippen LogP contribution in [0.1, 0.15) is 22.3 Å². The lowest BCUT2D eigenvalue weighted by molar-refractivity contribution is 0.436. The minimum atomic E-state index is -0.553. The second kappa shape index (κ2) is 10.6. The van der Waals surface area contributed by atoms with Gasteiger partial charge in [0, 0.05) is 33.0 Å². The molecule has 1 aliphatic carbocycles. The second-order valence-corrected chi connectivity index (χ2v) is 13.2. The molecule has 7 aromatic carbocycles. The molecule has 2 aliphatic rings. The Morgan fingerprint density at radius 3 is 1.63 bits per heavy atom. The van der Waals surface area contributed by atoms with Crippen LogP contribution in [0.5, 0.6) is 11.5 Å². The lowest BCUT2D eigenvalue weighted by Crippen LogP contribution is -2.32. The zero-order valence-electron chi connectivity index (χ0n) is 27.4. The Morgan fingerprint density at radius 1 is 0.412 bits per heavy atom. The van der Waals surface area contributed by atoms with Crippen LogP contribution in [0.15, 0.2) is 170 Å². The fourth-order valence-corrected chi connectivity index (χ4v) is 8.43. The van der Waals surface area contributed by atoms with Crippen molar-refractivity contribution in [1.82, 2.24) is 19.5 Å². The lowest BCUT2D eigenvalue weighted by atomic mass is 9.66. The molecule has 0 radical (unpaired) electrons. The van der Waals surface area contributed by atoms with Crippen molar-refractivity contribution in [3.63, 3.8) is 0 Å². The van der Waals surface area contributed by atoms with Crippen LogP contribution in [-0.4, -0.2) is 19.5 Å². The molecule has 5 heteroatoms. The fourth-order valence-electron chi connectivity index (χ4n) is 8.43. The number of nitrogens with zero attached hydrogens (tertiary/aromatic N) is 4. The minimum Gasteiger partial charge on any atom is -0.457 e. The smallest absolute Gasteiger partial charge is 0.238 e. The third-order valence-corrected chi connectivity index (χ3v) is 10.5. The highest BCUT2D eigenvalue weighted by molar-refractivity contribution is 6.11. The van der Waals surface area contributed by atoms with Crippen molar-refractivity contribution in [3.8, 4) is 51.3 Å². The van der Waals surface area contributed by atoms with Crippen molar-refractivity contribution in [1.29, 1.82) is 0 Å². The van der Waals surface area contributed by atoms with E-state index in [1.165, 1.54) is 22.3 Å². The van der Waals surface area contributed by atoms with Crippen LogP contribution >= 0.6 is 0 Å². The highest BCUT2D eigenvalue weighted by atomic mass is 16.5. The van der Waals surface area contributed by atoms with Crippen LogP contribution in [0, 0.1) is 0 Å². The molecular weight excluding hydrogens is 625 g/mol. The number of fused-ring (bicyclic) bond motifs is 12. The maximum Gasteiger partial charge on any atom is 0.238 e. The summed E-state index contributed by atoms with van der Waals surface area (Å²) >= 11 is 0. The first kappa shape index (κ1) is 28.0. The number of rotatable bonds is 3. The van der Waals surface area contributed by atoms with Gasteiger partial charge in [0.2, 0.25) is 5.95 Å². The Kier molecular flexibility index (Phi) is 5.81. The van der Waals surface area contributed by atoms with E-state index in [2.05, 4.69) is 114 Å². The molecule has 9 aromatic rings. The molecule has 0 atom stereocenters. The predicted octanol–water partition coefficient (Wildman–Crippen LogP) is 10.8. The number of ether oxygens (including phenoxy) is 1. The summed E-state index contributed by atoms with van der Waals surface area (Å²) in [6.07, 6.45) is 0. The molecule has 51 heavy (non-hydrogen) atoms. The van der Waals surface area contributed by atoms with Crippen LogP contribution < -0.4 is 4.74 Å². The largest absolute Gasteiger partial charge is 0.457 e. The summed E-state index contributed by atoms with van der Waals surface area (Å²) in [6, 6.07) is 59.5. The molecule has 0 amide bonds. The number of aromatic nitrogens is 4. The van der Waals surface area contributed by atoms with Gasteiger partial charge in [0.05, 0.1) is 16.4 Å². The van der Waals surface area contributed by atoms with E-state index in [1.807, 2.05) is 60.7 Å². The van der Waals surface area contributed by atoms with Gasteiger partial charge in [-0.25, -0.2) is 4.98 Å². The van der Waals surface area contributed by atoms with Gasteiger partial charge in [-0.05, 0) is 52.6 Å². The van der Waals surface area contributed by atoms with Gasteiger partial charge in [0.1, 0.15) is 11.5 Å². The van der Waals surface area contributed by atoms with Crippen molar-refractivity contribution < 1.29 is 4.74 Å². The van der Waals surface area contributed by atoms with E-state index in [1.54, 1.807) is 0 Å². The van der Waals surface area contributed by atoms with E-state index in [0.29, 0.717) is 17.6 Å². The maximum absolute atomic E-state index is 6.58. The van der Waals surface area contributed by atoms with Crippen molar-refractivity contribution in [2.24, 2.45) is 0 Å². The van der Waals surface area contributed by atoms with Gasteiger partial charge in [-0.3, -0.25) is 4.57 Å². The monoisotopic (exact) mass is 652 g/mol. The Bertz CT molecular complexity index is 2740. The molecule has 0 bridgehead atoms. The first-order valence-electron chi connectivity index (χ1n) is 17.2. The van der Waals surface area contributed by atoms with Crippen molar-refractivity contribution in [3.05, 3.63) is 192 Å². The summed E-state index contributed by atoms with van der Waals surface area (Å²) < 4.78 is 8.80. The van der Waals surface area contributed by atoms with E-state index in [4.69, 9.17) is 19.7 Å². The normalized spacial score (nSPS) is 13.4. The molecule has 0 saturated heterocycles. The van der Waals surface area contributed by atoms with Crippen LogP contribution in [0.3, 0.4) is 0 Å². The average molecular weight is 653 g/mol. The highest BCUT2D eigenvalue weighted by Crippen LogP contribution is 2.62. The third-order valence-electron chi connectivity index (χ3n) is 10.5. The zero-order chi connectivity index (χ0) is 33.5. The van der Waals surface area contributed by atoms with Gasteiger partial charge in [-0.2, -0.15) is 9.97 Å². The van der Waals surface area contributed by atoms with Gasteiger partial charge in [-0.1, -0.05) is 140 Å². The van der Waals surface area contributed by atoms with Crippen molar-refractivity contribution >= 4 is 21.8 Å². The van der Waals surface area contributed by atoms with E-state index in [0.717, 1.165) is 55.6 Å². The Balaban J connectivity index is 1.26. The van der Waals surface area contributed by atoms with Crippen LogP contribution in [0.4, 0.5) is 0 Å². The summed E-state index contributed by atoms with van der Waals surface area (Å²) in [5.41, 5.74) is 10.6. The second-order valence-electron chi connectivity index (χ2n) is 13.2. The number of hydrogen-bond acceptors (Lipinski definition) is 4. The molecule has 2 aromatic heterocycles. The molecule has 3 heterocycles. The molecular formula is C46H28N4O. The maximum atomic E-state index is 6.58. The number of hydrogen-bond donors (Lipinski definition) is 0. The minimum absolute atomic E-state index is 0.553. The van der Waals surface area contributed by atoms with Crippen LogP contribution in [-0.2, 0) is 5.41 Å². The summed E-state index contributed by atoms with van der Waals surface area (Å²) in [7, 11) is 0. The molecule has 0 fully saturated rings. The summed E-state index contributed by atoms with van der Waals surface area (Å²) in [5.74, 6) is 3.61. The molecule has 11 rings (SSSR count). The summed E-state index contributed by atoms with van der Waals surface area (Å²) in [5, 5.41) is 2.28. The summed E-state index contributed by atoms with van der Waals surface area (Å²) in [6.45, 7) is 0. The van der Waals surface area contributed by atoms with Gasteiger partial charge in [0.25, 0.3) is 0 Å². The lowest BCUT2D eigenvalue weighted by Gasteiger charge is -2.39. The average Bonchev–Trinajstić information content (AvgIpc) is 3.68. The van der Waals surface area contributed by atoms with E-state index in [9.17, 15) is 0 Å².